The summed E-state index contributed by atoms with van der Waals surface area (Å²) in [5, 5.41) is 5.80. The molecule has 0 saturated heterocycles. The van der Waals surface area contributed by atoms with E-state index in [0.717, 1.165) is 33.3 Å². The molecule has 26 heavy (non-hydrogen) atoms. The molecule has 0 spiro atoms. The van der Waals surface area contributed by atoms with Gasteiger partial charge in [0.1, 0.15) is 5.15 Å². The molecule has 0 fully saturated rings. The maximum Gasteiger partial charge on any atom is 0.221 e. The molecule has 0 aliphatic carbocycles. The summed E-state index contributed by atoms with van der Waals surface area (Å²) in [6.45, 7) is 2.04. The molecule has 0 atom stereocenters. The molecule has 6 heteroatoms. The van der Waals surface area contributed by atoms with Gasteiger partial charge in [-0.25, -0.2) is 14.6 Å². The van der Waals surface area contributed by atoms with Crippen LogP contribution in [-0.4, -0.2) is 20.9 Å². The van der Waals surface area contributed by atoms with E-state index in [0.29, 0.717) is 11.1 Å². The Bertz CT molecular complexity index is 1120. The van der Waals surface area contributed by atoms with Crippen molar-refractivity contribution in [3.05, 3.63) is 77.1 Å². The summed E-state index contributed by atoms with van der Waals surface area (Å²) in [5.74, 6) is 0.306. The molecule has 0 aliphatic rings. The zero-order chi connectivity index (χ0) is 18.1. The van der Waals surface area contributed by atoms with Crippen LogP contribution in [0.25, 0.3) is 22.2 Å². The highest BCUT2D eigenvalue weighted by Gasteiger charge is 2.07. The van der Waals surface area contributed by atoms with E-state index in [1.54, 1.807) is 12.4 Å². The molecule has 5 nitrogen and oxygen atoms in total. The normalized spacial score (nSPS) is 11.5. The summed E-state index contributed by atoms with van der Waals surface area (Å²) < 4.78 is 1.53. The zero-order valence-corrected chi connectivity index (χ0v) is 14.9. The second kappa shape index (κ2) is 6.61. The van der Waals surface area contributed by atoms with E-state index in [4.69, 9.17) is 17.3 Å². The number of benzene rings is 2. The number of fused-ring (bicyclic) bond motifs is 1. The van der Waals surface area contributed by atoms with Crippen LogP contribution in [0.15, 0.2) is 65.9 Å². The fourth-order valence-corrected chi connectivity index (χ4v) is 2.92. The standard InChI is InChI=1S/C20H16ClN5/c1-13-7-8-17-15(9-13)10-16(19(21)24-17)11-23-26-12-18(25-20(26)22)14-5-3-2-4-6-14/h2-12H,1H3,(H2,22,25)/b23-11+. The van der Waals surface area contributed by atoms with Crippen LogP contribution in [0.4, 0.5) is 5.95 Å². The lowest BCUT2D eigenvalue weighted by atomic mass is 10.1. The van der Waals surface area contributed by atoms with Gasteiger partial charge in [0, 0.05) is 16.5 Å². The third-order valence-electron chi connectivity index (χ3n) is 4.06. The maximum absolute atomic E-state index is 6.29. The highest BCUT2D eigenvalue weighted by Crippen LogP contribution is 2.22. The smallest absolute Gasteiger partial charge is 0.221 e. The van der Waals surface area contributed by atoms with Gasteiger partial charge in [-0.1, -0.05) is 53.6 Å². The fraction of sp³-hybridized carbons (Fsp3) is 0.0500. The van der Waals surface area contributed by atoms with Crippen molar-refractivity contribution in [3.63, 3.8) is 0 Å². The molecular formula is C20H16ClN5. The van der Waals surface area contributed by atoms with Crippen molar-refractivity contribution < 1.29 is 0 Å². The van der Waals surface area contributed by atoms with Crippen LogP contribution in [-0.2, 0) is 0 Å². The molecule has 0 amide bonds. The molecule has 128 valence electrons. The van der Waals surface area contributed by atoms with E-state index in [2.05, 4.69) is 21.1 Å². The summed E-state index contributed by atoms with van der Waals surface area (Å²) in [4.78, 5) is 8.78. The molecule has 2 aromatic heterocycles. The first-order valence-corrected chi connectivity index (χ1v) is 8.49. The Hall–Kier alpha value is -3.18. The lowest BCUT2D eigenvalue weighted by Crippen LogP contribution is -1.97. The summed E-state index contributed by atoms with van der Waals surface area (Å²) in [6, 6.07) is 17.8. The van der Waals surface area contributed by atoms with Gasteiger partial charge in [0.2, 0.25) is 5.95 Å². The quantitative estimate of drug-likeness (QED) is 0.430. The van der Waals surface area contributed by atoms with Gasteiger partial charge in [-0.15, -0.1) is 0 Å². The van der Waals surface area contributed by atoms with E-state index >= 15 is 0 Å². The van der Waals surface area contributed by atoms with Crippen molar-refractivity contribution in [2.24, 2.45) is 5.10 Å². The zero-order valence-electron chi connectivity index (χ0n) is 14.1. The van der Waals surface area contributed by atoms with E-state index < -0.39 is 0 Å². The number of anilines is 1. The number of nitrogen functional groups attached to an aromatic ring is 1. The van der Waals surface area contributed by atoms with Crippen LogP contribution in [0.2, 0.25) is 5.15 Å². The maximum atomic E-state index is 6.29. The van der Waals surface area contributed by atoms with Crippen molar-refractivity contribution >= 4 is 34.7 Å². The van der Waals surface area contributed by atoms with Gasteiger partial charge in [0.05, 0.1) is 23.6 Å². The molecule has 2 aromatic carbocycles. The van der Waals surface area contributed by atoms with Crippen LogP contribution in [0.1, 0.15) is 11.1 Å². The first kappa shape index (κ1) is 16.3. The molecule has 4 rings (SSSR count). The predicted octanol–water partition coefficient (Wildman–Crippen LogP) is 4.52. The van der Waals surface area contributed by atoms with Gasteiger partial charge in [0.15, 0.2) is 0 Å². The molecule has 0 radical (unpaired) electrons. The van der Waals surface area contributed by atoms with E-state index in [1.807, 2.05) is 55.5 Å². The molecular weight excluding hydrogens is 346 g/mol. The Morgan fingerprint density at radius 3 is 2.69 bits per heavy atom. The number of nitrogens with two attached hydrogens (primary N) is 1. The predicted molar refractivity (Wildman–Crippen MR) is 107 cm³/mol. The molecule has 0 unspecified atom stereocenters. The first-order chi connectivity index (χ1) is 12.6. The summed E-state index contributed by atoms with van der Waals surface area (Å²) in [7, 11) is 0. The lowest BCUT2D eigenvalue weighted by molar-refractivity contribution is 0.898. The number of hydrogen-bond acceptors (Lipinski definition) is 4. The van der Waals surface area contributed by atoms with Gasteiger partial charge in [-0.05, 0) is 25.1 Å². The van der Waals surface area contributed by atoms with Crippen LogP contribution < -0.4 is 5.73 Å². The van der Waals surface area contributed by atoms with Crippen molar-refractivity contribution in [3.8, 4) is 11.3 Å². The lowest BCUT2D eigenvalue weighted by Gasteiger charge is -2.03. The van der Waals surface area contributed by atoms with Crippen LogP contribution >= 0.6 is 11.6 Å². The Morgan fingerprint density at radius 1 is 1.08 bits per heavy atom. The number of aromatic nitrogens is 3. The minimum absolute atomic E-state index is 0.306. The largest absolute Gasteiger partial charge is 0.368 e. The molecule has 4 aromatic rings. The number of aryl methyl sites for hydroxylation is 1. The summed E-state index contributed by atoms with van der Waals surface area (Å²) in [5.41, 5.74) is 10.5. The second-order valence-electron chi connectivity index (χ2n) is 6.00. The van der Waals surface area contributed by atoms with Gasteiger partial charge in [0.25, 0.3) is 0 Å². The van der Waals surface area contributed by atoms with Gasteiger partial charge >= 0.3 is 0 Å². The number of hydrogen-bond donors (Lipinski definition) is 1. The minimum Gasteiger partial charge on any atom is -0.368 e. The average molecular weight is 362 g/mol. The Kier molecular flexibility index (Phi) is 4.14. The number of rotatable bonds is 3. The Labute approximate surface area is 155 Å². The van der Waals surface area contributed by atoms with Gasteiger partial charge in [-0.2, -0.15) is 5.10 Å². The van der Waals surface area contributed by atoms with Crippen molar-refractivity contribution in [1.29, 1.82) is 0 Å². The highest BCUT2D eigenvalue weighted by atomic mass is 35.5. The monoisotopic (exact) mass is 361 g/mol. The third-order valence-corrected chi connectivity index (χ3v) is 4.36. The summed E-state index contributed by atoms with van der Waals surface area (Å²) in [6.07, 6.45) is 3.43. The van der Waals surface area contributed by atoms with Crippen molar-refractivity contribution in [2.45, 2.75) is 6.92 Å². The highest BCUT2D eigenvalue weighted by molar-refractivity contribution is 6.32. The van der Waals surface area contributed by atoms with Crippen LogP contribution in [0.5, 0.6) is 0 Å². The number of pyridine rings is 1. The molecule has 0 aliphatic heterocycles. The molecule has 2 heterocycles. The topological polar surface area (TPSA) is 69.1 Å². The summed E-state index contributed by atoms with van der Waals surface area (Å²) >= 11 is 6.29. The SMILES string of the molecule is Cc1ccc2nc(Cl)c(/C=N/n3cc(-c4ccccc4)nc3N)cc2c1. The van der Waals surface area contributed by atoms with E-state index in [-0.39, 0.29) is 0 Å². The molecule has 0 saturated carbocycles. The van der Waals surface area contributed by atoms with E-state index in [9.17, 15) is 0 Å². The minimum atomic E-state index is 0.306. The molecule has 2 N–H and O–H groups in total. The van der Waals surface area contributed by atoms with Crippen LogP contribution in [0, 0.1) is 6.92 Å². The van der Waals surface area contributed by atoms with E-state index in [1.165, 1.54) is 4.68 Å². The van der Waals surface area contributed by atoms with Crippen molar-refractivity contribution in [2.75, 3.05) is 5.73 Å². The number of halogens is 1. The van der Waals surface area contributed by atoms with Gasteiger partial charge < -0.3 is 5.73 Å². The van der Waals surface area contributed by atoms with Gasteiger partial charge in [-0.3, -0.25) is 0 Å². The van der Waals surface area contributed by atoms with Crippen molar-refractivity contribution in [1.82, 2.24) is 14.6 Å². The first-order valence-electron chi connectivity index (χ1n) is 8.12. The average Bonchev–Trinajstić information content (AvgIpc) is 3.02. The van der Waals surface area contributed by atoms with Crippen LogP contribution in [0.3, 0.4) is 0 Å². The Morgan fingerprint density at radius 2 is 1.88 bits per heavy atom. The third kappa shape index (κ3) is 3.17. The second-order valence-corrected chi connectivity index (χ2v) is 6.36. The number of imidazole rings is 1. The number of nitrogens with zero attached hydrogens (tertiary/aromatic N) is 4. The Balaban J connectivity index is 1.69. The molecule has 0 bridgehead atoms. The fourth-order valence-electron chi connectivity index (χ4n) is 2.73.